The number of piperazine rings is 1. The highest BCUT2D eigenvalue weighted by molar-refractivity contribution is 4.86. The zero-order valence-corrected chi connectivity index (χ0v) is 11.8. The Morgan fingerprint density at radius 2 is 1.76 bits per heavy atom. The standard InChI is InChI=1S/C14H29N3/c1-12(2)16-7-9-17(10-8-16)14-6-4-5-13(11-14)15-3/h12-15H,4-11H2,1-3H3/t13-,14+/m0/s1. The van der Waals surface area contributed by atoms with Gasteiger partial charge in [0.1, 0.15) is 0 Å². The molecular formula is C14H29N3. The molecule has 1 saturated heterocycles. The summed E-state index contributed by atoms with van der Waals surface area (Å²) in [4.78, 5) is 5.34. The van der Waals surface area contributed by atoms with Crippen LogP contribution in [0.1, 0.15) is 39.5 Å². The molecule has 3 nitrogen and oxygen atoms in total. The maximum atomic E-state index is 3.46. The normalized spacial score (nSPS) is 33.2. The van der Waals surface area contributed by atoms with E-state index in [2.05, 4.69) is 36.0 Å². The first-order valence-electron chi connectivity index (χ1n) is 7.36. The highest BCUT2D eigenvalue weighted by Gasteiger charge is 2.28. The van der Waals surface area contributed by atoms with Crippen LogP contribution in [0.15, 0.2) is 0 Å². The largest absolute Gasteiger partial charge is 0.317 e. The lowest BCUT2D eigenvalue weighted by atomic mass is 9.89. The fraction of sp³-hybridized carbons (Fsp3) is 1.00. The average molecular weight is 239 g/mol. The summed E-state index contributed by atoms with van der Waals surface area (Å²) in [5.41, 5.74) is 0. The molecule has 3 heteroatoms. The third-order valence-electron chi connectivity index (χ3n) is 4.65. The summed E-state index contributed by atoms with van der Waals surface area (Å²) in [7, 11) is 2.11. The molecule has 0 bridgehead atoms. The van der Waals surface area contributed by atoms with Gasteiger partial charge in [0.05, 0.1) is 0 Å². The second kappa shape index (κ2) is 6.17. The molecule has 0 amide bonds. The van der Waals surface area contributed by atoms with Gasteiger partial charge in [-0.05, 0) is 40.2 Å². The molecular weight excluding hydrogens is 210 g/mol. The van der Waals surface area contributed by atoms with E-state index in [-0.39, 0.29) is 0 Å². The highest BCUT2D eigenvalue weighted by atomic mass is 15.3. The number of hydrogen-bond donors (Lipinski definition) is 1. The van der Waals surface area contributed by atoms with Crippen molar-refractivity contribution in [3.8, 4) is 0 Å². The van der Waals surface area contributed by atoms with Crippen LogP contribution in [-0.2, 0) is 0 Å². The van der Waals surface area contributed by atoms with E-state index in [0.717, 1.165) is 12.1 Å². The quantitative estimate of drug-likeness (QED) is 0.806. The van der Waals surface area contributed by atoms with Crippen LogP contribution in [0.5, 0.6) is 0 Å². The van der Waals surface area contributed by atoms with Crippen molar-refractivity contribution in [1.82, 2.24) is 15.1 Å². The molecule has 0 radical (unpaired) electrons. The molecule has 17 heavy (non-hydrogen) atoms. The molecule has 1 heterocycles. The number of hydrogen-bond acceptors (Lipinski definition) is 3. The van der Waals surface area contributed by atoms with Crippen molar-refractivity contribution < 1.29 is 0 Å². The first kappa shape index (κ1) is 13.3. The third kappa shape index (κ3) is 3.43. The van der Waals surface area contributed by atoms with Crippen LogP contribution in [0.4, 0.5) is 0 Å². The van der Waals surface area contributed by atoms with E-state index in [1.807, 2.05) is 0 Å². The van der Waals surface area contributed by atoms with Gasteiger partial charge in [-0.25, -0.2) is 0 Å². The minimum atomic E-state index is 0.716. The lowest BCUT2D eigenvalue weighted by molar-refractivity contribution is 0.0591. The van der Waals surface area contributed by atoms with Crippen molar-refractivity contribution >= 4 is 0 Å². The van der Waals surface area contributed by atoms with Gasteiger partial charge in [0, 0.05) is 44.3 Å². The molecule has 1 aliphatic heterocycles. The molecule has 0 aromatic heterocycles. The van der Waals surface area contributed by atoms with Crippen molar-refractivity contribution in [3.05, 3.63) is 0 Å². The Balaban J connectivity index is 1.80. The highest BCUT2D eigenvalue weighted by Crippen LogP contribution is 2.24. The molecule has 0 unspecified atom stereocenters. The molecule has 1 aliphatic carbocycles. The zero-order valence-electron chi connectivity index (χ0n) is 11.8. The predicted octanol–water partition coefficient (Wildman–Crippen LogP) is 1.54. The SMILES string of the molecule is CN[C@H]1CCC[C@@H](N2CCN(C(C)C)CC2)C1. The van der Waals surface area contributed by atoms with Gasteiger partial charge in [0.15, 0.2) is 0 Å². The van der Waals surface area contributed by atoms with Crippen molar-refractivity contribution in [2.75, 3.05) is 33.2 Å². The van der Waals surface area contributed by atoms with E-state index in [4.69, 9.17) is 0 Å². The van der Waals surface area contributed by atoms with Gasteiger partial charge in [0.2, 0.25) is 0 Å². The average Bonchev–Trinajstić information content (AvgIpc) is 2.39. The maximum absolute atomic E-state index is 3.46. The van der Waals surface area contributed by atoms with E-state index in [1.54, 1.807) is 0 Å². The van der Waals surface area contributed by atoms with Crippen LogP contribution in [0.2, 0.25) is 0 Å². The third-order valence-corrected chi connectivity index (χ3v) is 4.65. The van der Waals surface area contributed by atoms with Gasteiger partial charge in [-0.3, -0.25) is 9.80 Å². The van der Waals surface area contributed by atoms with Gasteiger partial charge in [-0.15, -0.1) is 0 Å². The molecule has 0 aromatic carbocycles. The van der Waals surface area contributed by atoms with Gasteiger partial charge >= 0.3 is 0 Å². The molecule has 0 spiro atoms. The van der Waals surface area contributed by atoms with E-state index >= 15 is 0 Å². The molecule has 1 N–H and O–H groups in total. The molecule has 2 atom stereocenters. The summed E-state index contributed by atoms with van der Waals surface area (Å²) < 4.78 is 0. The second-order valence-electron chi connectivity index (χ2n) is 5.97. The van der Waals surface area contributed by atoms with Gasteiger partial charge < -0.3 is 5.32 Å². The summed E-state index contributed by atoms with van der Waals surface area (Å²) in [6, 6.07) is 2.32. The Morgan fingerprint density at radius 3 is 2.35 bits per heavy atom. The van der Waals surface area contributed by atoms with Crippen LogP contribution >= 0.6 is 0 Å². The van der Waals surface area contributed by atoms with Gasteiger partial charge in [0.25, 0.3) is 0 Å². The minimum Gasteiger partial charge on any atom is -0.317 e. The number of rotatable bonds is 3. The molecule has 2 aliphatic rings. The molecule has 0 aromatic rings. The molecule has 1 saturated carbocycles. The minimum absolute atomic E-state index is 0.716. The van der Waals surface area contributed by atoms with Crippen LogP contribution in [-0.4, -0.2) is 61.2 Å². The smallest absolute Gasteiger partial charge is 0.0113 e. The Morgan fingerprint density at radius 1 is 1.06 bits per heavy atom. The Kier molecular flexibility index (Phi) is 4.83. The topological polar surface area (TPSA) is 18.5 Å². The van der Waals surface area contributed by atoms with Crippen molar-refractivity contribution in [2.24, 2.45) is 0 Å². The number of nitrogens with one attached hydrogen (secondary N) is 1. The first-order chi connectivity index (χ1) is 8.20. The molecule has 100 valence electrons. The summed E-state index contributed by atoms with van der Waals surface area (Å²) in [6.07, 6.45) is 5.55. The van der Waals surface area contributed by atoms with Crippen LogP contribution in [0, 0.1) is 0 Å². The Bertz CT molecular complexity index is 222. The van der Waals surface area contributed by atoms with Gasteiger partial charge in [-0.2, -0.15) is 0 Å². The second-order valence-corrected chi connectivity index (χ2v) is 5.97. The van der Waals surface area contributed by atoms with Crippen molar-refractivity contribution in [1.29, 1.82) is 0 Å². The molecule has 2 rings (SSSR count). The Hall–Kier alpha value is -0.120. The summed E-state index contributed by atoms with van der Waals surface area (Å²) in [5.74, 6) is 0. The first-order valence-corrected chi connectivity index (χ1v) is 7.36. The van der Waals surface area contributed by atoms with E-state index in [1.165, 1.54) is 51.9 Å². The number of nitrogens with zero attached hydrogens (tertiary/aromatic N) is 2. The molecule has 2 fully saturated rings. The van der Waals surface area contributed by atoms with Crippen LogP contribution in [0.3, 0.4) is 0 Å². The van der Waals surface area contributed by atoms with E-state index in [9.17, 15) is 0 Å². The summed E-state index contributed by atoms with van der Waals surface area (Å²) >= 11 is 0. The van der Waals surface area contributed by atoms with Crippen molar-refractivity contribution in [2.45, 2.75) is 57.7 Å². The summed E-state index contributed by atoms with van der Waals surface area (Å²) in [5, 5.41) is 3.46. The van der Waals surface area contributed by atoms with E-state index in [0.29, 0.717) is 6.04 Å². The fourth-order valence-electron chi connectivity index (χ4n) is 3.38. The lowest BCUT2D eigenvalue weighted by Crippen LogP contribution is -2.54. The summed E-state index contributed by atoms with van der Waals surface area (Å²) in [6.45, 7) is 9.70. The predicted molar refractivity (Wildman–Crippen MR) is 73.4 cm³/mol. The van der Waals surface area contributed by atoms with E-state index < -0.39 is 0 Å². The lowest BCUT2D eigenvalue weighted by Gasteiger charge is -2.43. The monoisotopic (exact) mass is 239 g/mol. The zero-order chi connectivity index (χ0) is 12.3. The fourth-order valence-corrected chi connectivity index (χ4v) is 3.38. The maximum Gasteiger partial charge on any atom is 0.0113 e. The van der Waals surface area contributed by atoms with Crippen molar-refractivity contribution in [3.63, 3.8) is 0 Å². The van der Waals surface area contributed by atoms with Crippen LogP contribution < -0.4 is 5.32 Å². The van der Waals surface area contributed by atoms with Gasteiger partial charge in [-0.1, -0.05) is 6.42 Å². The van der Waals surface area contributed by atoms with Crippen LogP contribution in [0.25, 0.3) is 0 Å². The Labute approximate surface area is 107 Å².